The second-order valence-corrected chi connectivity index (χ2v) is 13.1. The van der Waals surface area contributed by atoms with E-state index in [1.807, 2.05) is 0 Å². The second kappa shape index (κ2) is 11.5. The Morgan fingerprint density at radius 3 is 2.21 bits per heavy atom. The summed E-state index contributed by atoms with van der Waals surface area (Å²) in [6, 6.07) is 4.62. The van der Waals surface area contributed by atoms with Gasteiger partial charge in [0.05, 0.1) is 40.8 Å². The van der Waals surface area contributed by atoms with Crippen LogP contribution in [0.25, 0.3) is 0 Å². The number of methoxy groups -OCH3 is 1. The number of alkyl halides is 3. The van der Waals surface area contributed by atoms with Gasteiger partial charge in [0.25, 0.3) is 5.91 Å². The Hall–Kier alpha value is -3.08. The molecule has 4 aliphatic carbocycles. The van der Waals surface area contributed by atoms with E-state index >= 15 is 0 Å². The molecule has 4 saturated carbocycles. The first kappa shape index (κ1) is 31.8. The molecule has 0 aliphatic heterocycles. The maximum absolute atomic E-state index is 14.6. The number of amides is 1. The van der Waals surface area contributed by atoms with Crippen molar-refractivity contribution < 1.29 is 37.4 Å². The highest BCUT2D eigenvalue weighted by Gasteiger charge is 2.54. The molecular formula is C30H37ClF3N3O5. The first-order chi connectivity index (χ1) is 19.6. The first-order valence-corrected chi connectivity index (χ1v) is 14.4. The van der Waals surface area contributed by atoms with Crippen LogP contribution in [0, 0.1) is 16.7 Å². The van der Waals surface area contributed by atoms with Crippen molar-refractivity contribution in [2.75, 3.05) is 20.2 Å². The lowest BCUT2D eigenvalue weighted by molar-refractivity contribution is -0.156. The number of fused-ring (bicyclic) bond motifs is 3. The SMILES string of the molecule is COc1cccc(Cl)c1C(=O)CN(CC1CC(C)(C)C1)C(=O)C(=CN)C(=NC12CCC(C(=O)O)(CC1)CC2)C(F)(F)F. The number of benzene rings is 1. The molecule has 42 heavy (non-hydrogen) atoms. The van der Waals surface area contributed by atoms with Crippen molar-refractivity contribution >= 4 is 35.0 Å². The van der Waals surface area contributed by atoms with E-state index in [9.17, 15) is 32.7 Å². The number of rotatable bonds is 10. The molecule has 4 fully saturated rings. The normalized spacial score (nSPS) is 26.0. The molecule has 0 spiro atoms. The van der Waals surface area contributed by atoms with Crippen LogP contribution >= 0.6 is 11.6 Å². The predicted molar refractivity (Wildman–Crippen MR) is 152 cm³/mol. The number of Topliss-reactive ketones (excluding diaryl/α,β-unsaturated/α-hetero) is 1. The first-order valence-electron chi connectivity index (χ1n) is 14.0. The van der Waals surface area contributed by atoms with E-state index in [2.05, 4.69) is 18.8 Å². The number of aliphatic carboxylic acids is 1. The maximum Gasteiger partial charge on any atom is 0.433 e. The second-order valence-electron chi connectivity index (χ2n) is 12.7. The topological polar surface area (TPSA) is 122 Å². The van der Waals surface area contributed by atoms with Gasteiger partial charge in [-0.2, -0.15) is 13.2 Å². The fraction of sp³-hybridized carbons (Fsp3) is 0.600. The van der Waals surface area contributed by atoms with Crippen LogP contribution < -0.4 is 10.5 Å². The van der Waals surface area contributed by atoms with Crippen LogP contribution in [0.4, 0.5) is 13.2 Å². The molecule has 1 aromatic rings. The van der Waals surface area contributed by atoms with E-state index in [1.54, 1.807) is 6.07 Å². The molecule has 1 amide bonds. The van der Waals surface area contributed by atoms with Gasteiger partial charge in [-0.15, -0.1) is 0 Å². The third-order valence-corrected chi connectivity index (χ3v) is 9.50. The summed E-state index contributed by atoms with van der Waals surface area (Å²) in [6.07, 6.45) is -1.82. The smallest absolute Gasteiger partial charge is 0.433 e. The number of carboxylic acid groups (broad SMARTS) is 1. The Morgan fingerprint density at radius 2 is 1.74 bits per heavy atom. The number of nitrogens with zero attached hydrogens (tertiary/aromatic N) is 2. The van der Waals surface area contributed by atoms with Crippen LogP contribution in [-0.2, 0) is 9.59 Å². The van der Waals surface area contributed by atoms with Gasteiger partial charge in [-0.3, -0.25) is 19.4 Å². The van der Waals surface area contributed by atoms with Gasteiger partial charge in [0.1, 0.15) is 5.75 Å². The van der Waals surface area contributed by atoms with Crippen molar-refractivity contribution in [3.05, 3.63) is 40.6 Å². The highest BCUT2D eigenvalue weighted by Crippen LogP contribution is 2.54. The zero-order valence-electron chi connectivity index (χ0n) is 24.0. The molecule has 8 nitrogen and oxygen atoms in total. The number of carbonyl (C=O) groups is 3. The summed E-state index contributed by atoms with van der Waals surface area (Å²) >= 11 is 6.28. The molecule has 0 heterocycles. The molecule has 0 atom stereocenters. The largest absolute Gasteiger partial charge is 0.496 e. The fourth-order valence-corrected chi connectivity index (χ4v) is 7.22. The minimum absolute atomic E-state index is 0.0189. The third-order valence-electron chi connectivity index (χ3n) is 9.19. The molecule has 230 valence electrons. The Kier molecular flexibility index (Phi) is 8.75. The van der Waals surface area contributed by atoms with Gasteiger partial charge < -0.3 is 20.5 Å². The molecule has 5 rings (SSSR count). The highest BCUT2D eigenvalue weighted by molar-refractivity contribution is 6.34. The van der Waals surface area contributed by atoms with Gasteiger partial charge in [0.2, 0.25) is 0 Å². The summed E-state index contributed by atoms with van der Waals surface area (Å²) in [7, 11) is 1.36. The Balaban J connectivity index is 1.67. The number of hydrogen-bond acceptors (Lipinski definition) is 6. The molecule has 4 aliphatic rings. The number of ketones is 1. The maximum atomic E-state index is 14.6. The summed E-state index contributed by atoms with van der Waals surface area (Å²) in [5.41, 5.74) is 1.44. The van der Waals surface area contributed by atoms with Crippen molar-refractivity contribution in [3.63, 3.8) is 0 Å². The monoisotopic (exact) mass is 611 g/mol. The Labute approximate surface area is 248 Å². The van der Waals surface area contributed by atoms with Gasteiger partial charge in [-0.05, 0) is 74.8 Å². The van der Waals surface area contributed by atoms with E-state index in [1.165, 1.54) is 19.2 Å². The van der Waals surface area contributed by atoms with Crippen molar-refractivity contribution in [2.24, 2.45) is 27.5 Å². The highest BCUT2D eigenvalue weighted by atomic mass is 35.5. The molecule has 0 aromatic heterocycles. The molecule has 0 radical (unpaired) electrons. The van der Waals surface area contributed by atoms with Crippen LogP contribution in [0.1, 0.15) is 75.6 Å². The van der Waals surface area contributed by atoms with Crippen LogP contribution in [0.2, 0.25) is 5.02 Å². The van der Waals surface area contributed by atoms with Crippen LogP contribution in [0.15, 0.2) is 35.0 Å². The average molecular weight is 612 g/mol. The molecule has 2 bridgehead atoms. The van der Waals surface area contributed by atoms with E-state index in [4.69, 9.17) is 22.1 Å². The summed E-state index contributed by atoms with van der Waals surface area (Å²) in [5.74, 6) is -2.42. The Morgan fingerprint density at radius 1 is 1.14 bits per heavy atom. The molecule has 12 heteroatoms. The standard InChI is InChI=1S/C30H37ClF3N3O5/c1-27(2)13-18(14-27)16-37(17-21(38)23-20(31)5-4-6-22(23)42-3)25(39)19(15-35)24(30(32,33)34)36-29-10-7-28(8-11-29,9-12-29)26(40)41/h4-6,15,18H,7-14,16-17,35H2,1-3H3,(H,40,41). The van der Waals surface area contributed by atoms with Gasteiger partial charge >= 0.3 is 12.1 Å². The van der Waals surface area contributed by atoms with Gasteiger partial charge in [-0.25, -0.2) is 0 Å². The van der Waals surface area contributed by atoms with Crippen LogP contribution in [0.5, 0.6) is 5.75 Å². The van der Waals surface area contributed by atoms with E-state index in [0.717, 1.165) is 17.7 Å². The molecule has 0 saturated heterocycles. The van der Waals surface area contributed by atoms with Crippen molar-refractivity contribution in [1.82, 2.24) is 4.90 Å². The minimum atomic E-state index is -5.02. The van der Waals surface area contributed by atoms with Crippen LogP contribution in [-0.4, -0.2) is 65.3 Å². The Bertz CT molecular complexity index is 1290. The average Bonchev–Trinajstić information content (AvgIpc) is 2.91. The van der Waals surface area contributed by atoms with Crippen molar-refractivity contribution in [3.8, 4) is 5.75 Å². The molecule has 0 unspecified atom stereocenters. The zero-order chi connectivity index (χ0) is 31.1. The predicted octanol–water partition coefficient (Wildman–Crippen LogP) is 5.82. The number of nitrogens with two attached hydrogens (primary N) is 1. The number of aliphatic imine (C=N–C) groups is 1. The quantitative estimate of drug-likeness (QED) is 0.195. The number of carbonyl (C=O) groups excluding carboxylic acids is 2. The van der Waals surface area contributed by atoms with Crippen molar-refractivity contribution in [2.45, 2.75) is 76.9 Å². The minimum Gasteiger partial charge on any atom is -0.496 e. The number of ether oxygens (including phenoxy) is 1. The summed E-state index contributed by atoms with van der Waals surface area (Å²) in [5, 5.41) is 9.76. The van der Waals surface area contributed by atoms with E-state index < -0.39 is 52.6 Å². The van der Waals surface area contributed by atoms with Crippen LogP contribution in [0.3, 0.4) is 0 Å². The summed E-state index contributed by atoms with van der Waals surface area (Å²) in [6.45, 7) is 3.63. The van der Waals surface area contributed by atoms with Gasteiger partial charge in [0, 0.05) is 12.7 Å². The number of halogens is 4. The molecule has 1 aromatic carbocycles. The lowest BCUT2D eigenvalue weighted by atomic mass is 9.57. The number of carboxylic acids is 1. The van der Waals surface area contributed by atoms with Gasteiger partial charge in [-0.1, -0.05) is 31.5 Å². The molecule has 3 N–H and O–H groups in total. The van der Waals surface area contributed by atoms with Gasteiger partial charge in [0.15, 0.2) is 11.5 Å². The van der Waals surface area contributed by atoms with E-state index in [0.29, 0.717) is 6.20 Å². The number of hydrogen-bond donors (Lipinski definition) is 2. The van der Waals surface area contributed by atoms with E-state index in [-0.39, 0.29) is 72.7 Å². The lowest BCUT2D eigenvalue weighted by Crippen LogP contribution is -2.50. The lowest BCUT2D eigenvalue weighted by Gasteiger charge is -2.49. The fourth-order valence-electron chi connectivity index (χ4n) is 6.95. The molecular weight excluding hydrogens is 575 g/mol. The summed E-state index contributed by atoms with van der Waals surface area (Å²) < 4.78 is 49.0. The summed E-state index contributed by atoms with van der Waals surface area (Å²) in [4.78, 5) is 44.4. The van der Waals surface area contributed by atoms with Crippen molar-refractivity contribution in [1.29, 1.82) is 0 Å². The third kappa shape index (κ3) is 6.31. The zero-order valence-corrected chi connectivity index (χ0v) is 24.8.